The Hall–Kier alpha value is -3.14. The van der Waals surface area contributed by atoms with Gasteiger partial charge < -0.3 is 10.1 Å². The molecule has 0 saturated carbocycles. The molecule has 0 spiro atoms. The van der Waals surface area contributed by atoms with E-state index in [0.717, 1.165) is 31.6 Å². The topological polar surface area (TPSA) is 71.8 Å². The zero-order valence-corrected chi connectivity index (χ0v) is 17.6. The number of nitrogens with one attached hydrogen (secondary N) is 1. The van der Waals surface area contributed by atoms with Gasteiger partial charge in [0.2, 0.25) is 5.91 Å². The Bertz CT molecular complexity index is 1100. The molecule has 170 valence electrons. The van der Waals surface area contributed by atoms with E-state index >= 15 is 0 Å². The fourth-order valence-electron chi connectivity index (χ4n) is 4.01. The molecule has 0 bridgehead atoms. The zero-order valence-electron chi connectivity index (χ0n) is 17.6. The fraction of sp³-hybridized carbons (Fsp3) is 0.409. The number of ether oxygens (including phenoxy) is 1. The third-order valence-electron chi connectivity index (χ3n) is 5.45. The highest BCUT2D eigenvalue weighted by Gasteiger charge is 2.32. The van der Waals surface area contributed by atoms with Crippen LogP contribution < -0.4 is 10.1 Å². The van der Waals surface area contributed by atoms with Crippen LogP contribution in [0.25, 0.3) is 5.65 Å². The van der Waals surface area contributed by atoms with Crippen molar-refractivity contribution in [2.75, 3.05) is 31.6 Å². The van der Waals surface area contributed by atoms with Gasteiger partial charge in [-0.25, -0.2) is 0 Å². The van der Waals surface area contributed by atoms with E-state index < -0.39 is 11.7 Å². The highest BCUT2D eigenvalue weighted by atomic mass is 19.4. The number of anilines is 1. The first-order chi connectivity index (χ1) is 15.3. The molecule has 10 heteroatoms. The second kappa shape index (κ2) is 9.15. The summed E-state index contributed by atoms with van der Waals surface area (Å²) in [5.41, 5.74) is 0.234. The maximum absolute atomic E-state index is 13.1. The number of fused-ring (bicyclic) bond motifs is 1. The summed E-state index contributed by atoms with van der Waals surface area (Å²) < 4.78 is 46.4. The van der Waals surface area contributed by atoms with Crippen LogP contribution in [-0.2, 0) is 11.0 Å². The van der Waals surface area contributed by atoms with Crippen molar-refractivity contribution in [3.63, 3.8) is 0 Å². The number of carbonyl (C=O) groups is 1. The van der Waals surface area contributed by atoms with Crippen LogP contribution in [0.4, 0.5) is 18.9 Å². The van der Waals surface area contributed by atoms with Gasteiger partial charge in [-0.15, -0.1) is 10.2 Å². The van der Waals surface area contributed by atoms with Crippen LogP contribution in [0.5, 0.6) is 5.75 Å². The van der Waals surface area contributed by atoms with E-state index in [1.165, 1.54) is 10.5 Å². The number of pyridine rings is 1. The van der Waals surface area contributed by atoms with Crippen molar-refractivity contribution in [1.82, 2.24) is 19.5 Å². The number of rotatable bonds is 6. The van der Waals surface area contributed by atoms with E-state index in [0.29, 0.717) is 36.1 Å². The maximum Gasteiger partial charge on any atom is 0.417 e. The predicted molar refractivity (Wildman–Crippen MR) is 113 cm³/mol. The average Bonchev–Trinajstić information content (AvgIpc) is 3.18. The summed E-state index contributed by atoms with van der Waals surface area (Å²) in [5, 5.41) is 11.1. The second-order valence-electron chi connectivity index (χ2n) is 7.75. The van der Waals surface area contributed by atoms with Gasteiger partial charge in [-0.3, -0.25) is 14.1 Å². The summed E-state index contributed by atoms with van der Waals surface area (Å²) in [4.78, 5) is 14.6. The van der Waals surface area contributed by atoms with Crippen LogP contribution in [-0.4, -0.2) is 51.6 Å². The Balaban J connectivity index is 1.45. The molecule has 1 fully saturated rings. The summed E-state index contributed by atoms with van der Waals surface area (Å²) in [6.07, 6.45) is -1.82. The molecule has 1 atom stereocenters. The quantitative estimate of drug-likeness (QED) is 0.619. The lowest BCUT2D eigenvalue weighted by molar-refractivity contribution is -0.137. The van der Waals surface area contributed by atoms with Gasteiger partial charge >= 0.3 is 6.18 Å². The molecular formula is C22H24F3N5O2. The molecule has 1 aliphatic heterocycles. The molecule has 32 heavy (non-hydrogen) atoms. The van der Waals surface area contributed by atoms with Gasteiger partial charge in [0.15, 0.2) is 5.65 Å². The number of hydrogen-bond donors (Lipinski definition) is 1. The minimum absolute atomic E-state index is 0.120. The van der Waals surface area contributed by atoms with Crippen molar-refractivity contribution in [2.24, 2.45) is 0 Å². The number of carbonyl (C=O) groups excluding carboxylic acids is 1. The Morgan fingerprint density at radius 2 is 2.03 bits per heavy atom. The summed E-state index contributed by atoms with van der Waals surface area (Å²) in [5.74, 6) is 0.794. The van der Waals surface area contributed by atoms with Gasteiger partial charge in [0, 0.05) is 18.7 Å². The van der Waals surface area contributed by atoms with E-state index in [2.05, 4.69) is 15.5 Å². The number of nitrogens with zero attached hydrogens (tertiary/aromatic N) is 4. The number of piperidine rings is 1. The Kier molecular flexibility index (Phi) is 6.31. The van der Waals surface area contributed by atoms with Crippen molar-refractivity contribution in [2.45, 2.75) is 31.9 Å². The number of alkyl halides is 3. The largest absolute Gasteiger partial charge is 0.492 e. The lowest BCUT2D eigenvalue weighted by Crippen LogP contribution is -2.40. The van der Waals surface area contributed by atoms with Crippen LogP contribution in [0.15, 0.2) is 42.6 Å². The lowest BCUT2D eigenvalue weighted by atomic mass is 9.97. The van der Waals surface area contributed by atoms with E-state index in [-0.39, 0.29) is 18.4 Å². The first kappa shape index (κ1) is 22.1. The number of aromatic nitrogens is 3. The molecule has 0 radical (unpaired) electrons. The zero-order chi connectivity index (χ0) is 22.7. The lowest BCUT2D eigenvalue weighted by Gasteiger charge is -2.31. The Morgan fingerprint density at radius 1 is 1.22 bits per heavy atom. The van der Waals surface area contributed by atoms with Crippen LogP contribution in [0.1, 0.15) is 37.1 Å². The van der Waals surface area contributed by atoms with Gasteiger partial charge in [0.05, 0.1) is 24.4 Å². The molecule has 3 aromatic rings. The van der Waals surface area contributed by atoms with Gasteiger partial charge in [0.1, 0.15) is 11.6 Å². The third kappa shape index (κ3) is 4.85. The molecular weight excluding hydrogens is 423 g/mol. The van der Waals surface area contributed by atoms with Crippen molar-refractivity contribution < 1.29 is 22.7 Å². The molecule has 2 aromatic heterocycles. The summed E-state index contributed by atoms with van der Waals surface area (Å²) in [7, 11) is 0. The molecule has 0 aliphatic carbocycles. The minimum Gasteiger partial charge on any atom is -0.492 e. The Morgan fingerprint density at radius 3 is 2.81 bits per heavy atom. The molecule has 1 unspecified atom stereocenters. The first-order valence-corrected chi connectivity index (χ1v) is 10.5. The molecule has 7 nitrogen and oxygen atoms in total. The van der Waals surface area contributed by atoms with Crippen LogP contribution in [0, 0.1) is 0 Å². The van der Waals surface area contributed by atoms with Crippen LogP contribution in [0.2, 0.25) is 0 Å². The molecule has 1 aliphatic rings. The number of para-hydroxylation sites is 2. The van der Waals surface area contributed by atoms with Gasteiger partial charge in [-0.1, -0.05) is 12.1 Å². The van der Waals surface area contributed by atoms with E-state index in [4.69, 9.17) is 4.74 Å². The van der Waals surface area contributed by atoms with Crippen molar-refractivity contribution >= 4 is 17.2 Å². The average molecular weight is 447 g/mol. The highest BCUT2D eigenvalue weighted by molar-refractivity contribution is 5.93. The number of hydrogen-bond acceptors (Lipinski definition) is 5. The predicted octanol–water partition coefficient (Wildman–Crippen LogP) is 3.96. The maximum atomic E-state index is 13.1. The summed E-state index contributed by atoms with van der Waals surface area (Å²) in [6, 6.07) is 9.56. The van der Waals surface area contributed by atoms with Gasteiger partial charge in [-0.2, -0.15) is 13.2 Å². The number of amides is 1. The van der Waals surface area contributed by atoms with Gasteiger partial charge in [-0.05, 0) is 50.6 Å². The monoisotopic (exact) mass is 447 g/mol. The van der Waals surface area contributed by atoms with Crippen molar-refractivity contribution in [3.8, 4) is 5.75 Å². The summed E-state index contributed by atoms with van der Waals surface area (Å²) >= 11 is 0. The molecule has 3 heterocycles. The van der Waals surface area contributed by atoms with Crippen molar-refractivity contribution in [3.05, 3.63) is 54.0 Å². The van der Waals surface area contributed by atoms with Crippen LogP contribution in [0.3, 0.4) is 0 Å². The normalized spacial score (nSPS) is 17.4. The summed E-state index contributed by atoms with van der Waals surface area (Å²) in [6.45, 7) is 3.77. The fourth-order valence-corrected chi connectivity index (χ4v) is 4.01. The first-order valence-electron chi connectivity index (χ1n) is 10.5. The van der Waals surface area contributed by atoms with E-state index in [1.807, 2.05) is 24.0 Å². The van der Waals surface area contributed by atoms with E-state index in [1.54, 1.807) is 12.1 Å². The smallest absolute Gasteiger partial charge is 0.417 e. The molecule has 1 N–H and O–H groups in total. The highest BCUT2D eigenvalue weighted by Crippen LogP contribution is 2.31. The standard InChI is InChI=1S/C22H24F3N5O2/c1-2-32-18-8-4-3-7-17(18)26-20(31)14-29-11-5-6-15(12-29)21-28-27-19-10-9-16(13-30(19)21)22(23,24)25/h3-4,7-10,13,15H,2,5-6,11-12,14H2,1H3,(H,26,31). The third-order valence-corrected chi connectivity index (χ3v) is 5.45. The molecule has 1 aromatic carbocycles. The molecule has 4 rings (SSSR count). The molecule has 1 amide bonds. The minimum atomic E-state index is -4.44. The van der Waals surface area contributed by atoms with E-state index in [9.17, 15) is 18.0 Å². The number of likely N-dealkylation sites (tertiary alicyclic amines) is 1. The van der Waals surface area contributed by atoms with Crippen molar-refractivity contribution in [1.29, 1.82) is 0 Å². The SMILES string of the molecule is CCOc1ccccc1NC(=O)CN1CCCC(c2nnc3ccc(C(F)(F)F)cn23)C1. The Labute approximate surface area is 183 Å². The number of benzene rings is 1. The van der Waals surface area contributed by atoms with Gasteiger partial charge in [0.25, 0.3) is 0 Å². The van der Waals surface area contributed by atoms with Crippen LogP contribution >= 0.6 is 0 Å². The second-order valence-corrected chi connectivity index (χ2v) is 7.75. The number of halogens is 3. The molecule has 1 saturated heterocycles.